The molecular formula is C18H32N2. The summed E-state index contributed by atoms with van der Waals surface area (Å²) in [5.74, 6) is 0. The molecule has 0 aliphatic heterocycles. The van der Waals surface area contributed by atoms with Crippen LogP contribution in [0.5, 0.6) is 0 Å². The standard InChI is InChI=1S/C18H32N2/c1-7-9-20(14(3)4)13-18(19-8-2)17-11-15(5)10-16(6)12-17/h10-12,14,18-19H,7-9,13H2,1-6H3. The Morgan fingerprint density at radius 3 is 2.10 bits per heavy atom. The highest BCUT2D eigenvalue weighted by Gasteiger charge is 2.17. The van der Waals surface area contributed by atoms with Gasteiger partial charge in [0.05, 0.1) is 0 Å². The third-order valence-corrected chi connectivity index (χ3v) is 3.76. The molecule has 1 aromatic carbocycles. The van der Waals surface area contributed by atoms with Crippen molar-refractivity contribution in [3.05, 3.63) is 34.9 Å². The number of benzene rings is 1. The second-order valence-corrected chi connectivity index (χ2v) is 6.12. The fraction of sp³-hybridized carbons (Fsp3) is 0.667. The highest BCUT2D eigenvalue weighted by atomic mass is 15.2. The molecule has 1 unspecified atom stereocenters. The molecule has 0 bridgehead atoms. The van der Waals surface area contributed by atoms with Gasteiger partial charge in [-0.1, -0.05) is 43.2 Å². The third-order valence-electron chi connectivity index (χ3n) is 3.76. The predicted molar refractivity (Wildman–Crippen MR) is 89.3 cm³/mol. The van der Waals surface area contributed by atoms with Crippen LogP contribution in [0.4, 0.5) is 0 Å². The van der Waals surface area contributed by atoms with E-state index < -0.39 is 0 Å². The summed E-state index contributed by atoms with van der Waals surface area (Å²) in [4.78, 5) is 2.57. The van der Waals surface area contributed by atoms with Crippen molar-refractivity contribution in [2.24, 2.45) is 0 Å². The van der Waals surface area contributed by atoms with E-state index in [1.807, 2.05) is 0 Å². The topological polar surface area (TPSA) is 15.3 Å². The molecule has 0 fully saturated rings. The average Bonchev–Trinajstić information content (AvgIpc) is 2.36. The van der Waals surface area contributed by atoms with Crippen LogP contribution in [-0.4, -0.2) is 30.6 Å². The molecule has 0 saturated carbocycles. The van der Waals surface area contributed by atoms with Crippen molar-refractivity contribution >= 4 is 0 Å². The van der Waals surface area contributed by atoms with Crippen LogP contribution < -0.4 is 5.32 Å². The Morgan fingerprint density at radius 1 is 1.05 bits per heavy atom. The van der Waals surface area contributed by atoms with Crippen molar-refractivity contribution in [3.8, 4) is 0 Å². The number of rotatable bonds is 8. The molecule has 0 radical (unpaired) electrons. The first kappa shape index (κ1) is 17.2. The van der Waals surface area contributed by atoms with Gasteiger partial charge in [-0.05, 0) is 52.8 Å². The van der Waals surface area contributed by atoms with Crippen LogP contribution in [0.3, 0.4) is 0 Å². The molecule has 0 heterocycles. The number of hydrogen-bond donors (Lipinski definition) is 1. The van der Waals surface area contributed by atoms with E-state index in [0.29, 0.717) is 12.1 Å². The van der Waals surface area contributed by atoms with Crippen molar-refractivity contribution in [2.75, 3.05) is 19.6 Å². The summed E-state index contributed by atoms with van der Waals surface area (Å²) in [6, 6.07) is 7.92. The molecule has 114 valence electrons. The van der Waals surface area contributed by atoms with Crippen LogP contribution >= 0.6 is 0 Å². The Hall–Kier alpha value is -0.860. The summed E-state index contributed by atoms with van der Waals surface area (Å²) in [5, 5.41) is 3.66. The summed E-state index contributed by atoms with van der Waals surface area (Å²) >= 11 is 0. The summed E-state index contributed by atoms with van der Waals surface area (Å²) < 4.78 is 0. The molecule has 0 amide bonds. The molecule has 0 spiro atoms. The minimum Gasteiger partial charge on any atom is -0.309 e. The Labute approximate surface area is 125 Å². The van der Waals surface area contributed by atoms with E-state index in [-0.39, 0.29) is 0 Å². The first-order chi connectivity index (χ1) is 9.47. The van der Waals surface area contributed by atoms with E-state index in [2.05, 4.69) is 70.0 Å². The minimum absolute atomic E-state index is 0.424. The van der Waals surface area contributed by atoms with Gasteiger partial charge >= 0.3 is 0 Å². The van der Waals surface area contributed by atoms with Crippen LogP contribution in [0.2, 0.25) is 0 Å². The number of likely N-dealkylation sites (N-methyl/N-ethyl adjacent to an activating group) is 1. The van der Waals surface area contributed by atoms with E-state index >= 15 is 0 Å². The zero-order chi connectivity index (χ0) is 15.1. The van der Waals surface area contributed by atoms with Crippen LogP contribution in [0, 0.1) is 13.8 Å². The highest BCUT2D eigenvalue weighted by molar-refractivity contribution is 5.31. The lowest BCUT2D eigenvalue weighted by molar-refractivity contribution is 0.198. The van der Waals surface area contributed by atoms with E-state index in [0.717, 1.165) is 13.1 Å². The molecule has 0 aliphatic rings. The maximum absolute atomic E-state index is 3.66. The van der Waals surface area contributed by atoms with Crippen LogP contribution in [-0.2, 0) is 0 Å². The van der Waals surface area contributed by atoms with Crippen LogP contribution in [0.25, 0.3) is 0 Å². The molecule has 1 atom stereocenters. The van der Waals surface area contributed by atoms with Crippen molar-refractivity contribution in [1.29, 1.82) is 0 Å². The Kier molecular flexibility index (Phi) is 7.25. The number of nitrogens with one attached hydrogen (secondary N) is 1. The third kappa shape index (κ3) is 5.26. The van der Waals surface area contributed by atoms with Gasteiger partial charge in [0, 0.05) is 18.6 Å². The fourth-order valence-electron chi connectivity index (χ4n) is 2.83. The molecule has 0 saturated heterocycles. The molecule has 1 N–H and O–H groups in total. The second-order valence-electron chi connectivity index (χ2n) is 6.12. The molecular weight excluding hydrogens is 244 g/mol. The van der Waals surface area contributed by atoms with Gasteiger partial charge in [-0.3, -0.25) is 4.90 Å². The van der Waals surface area contributed by atoms with Gasteiger partial charge in [-0.25, -0.2) is 0 Å². The van der Waals surface area contributed by atoms with Crippen molar-refractivity contribution in [3.63, 3.8) is 0 Å². The predicted octanol–water partition coefficient (Wildman–Crippen LogP) is 4.07. The van der Waals surface area contributed by atoms with Gasteiger partial charge < -0.3 is 5.32 Å². The first-order valence-electron chi connectivity index (χ1n) is 8.03. The van der Waals surface area contributed by atoms with E-state index in [1.54, 1.807) is 0 Å². The highest BCUT2D eigenvalue weighted by Crippen LogP contribution is 2.19. The SMILES string of the molecule is CCCN(CC(NCC)c1cc(C)cc(C)c1)C(C)C. The van der Waals surface area contributed by atoms with Crippen molar-refractivity contribution in [1.82, 2.24) is 10.2 Å². The number of aryl methyl sites for hydroxylation is 2. The van der Waals surface area contributed by atoms with Gasteiger partial charge in [0.1, 0.15) is 0 Å². The average molecular weight is 276 g/mol. The lowest BCUT2D eigenvalue weighted by Crippen LogP contribution is -2.39. The van der Waals surface area contributed by atoms with Gasteiger partial charge in [0.2, 0.25) is 0 Å². The zero-order valence-corrected chi connectivity index (χ0v) is 14.2. The maximum Gasteiger partial charge on any atom is 0.0449 e. The van der Waals surface area contributed by atoms with Crippen LogP contribution in [0.15, 0.2) is 18.2 Å². The Balaban J connectivity index is 2.91. The Morgan fingerprint density at radius 2 is 1.65 bits per heavy atom. The molecule has 20 heavy (non-hydrogen) atoms. The summed E-state index contributed by atoms with van der Waals surface area (Å²) in [7, 11) is 0. The van der Waals surface area contributed by atoms with Gasteiger partial charge in [0.25, 0.3) is 0 Å². The van der Waals surface area contributed by atoms with Gasteiger partial charge in [-0.15, -0.1) is 0 Å². The first-order valence-corrected chi connectivity index (χ1v) is 8.03. The lowest BCUT2D eigenvalue weighted by Gasteiger charge is -2.31. The summed E-state index contributed by atoms with van der Waals surface area (Å²) in [6.45, 7) is 16.7. The monoisotopic (exact) mass is 276 g/mol. The van der Waals surface area contributed by atoms with Crippen molar-refractivity contribution < 1.29 is 0 Å². The zero-order valence-electron chi connectivity index (χ0n) is 14.2. The van der Waals surface area contributed by atoms with Crippen LogP contribution in [0.1, 0.15) is 56.8 Å². The number of nitrogens with zero attached hydrogens (tertiary/aromatic N) is 1. The molecule has 1 aromatic rings. The van der Waals surface area contributed by atoms with Gasteiger partial charge in [-0.2, -0.15) is 0 Å². The summed E-state index contributed by atoms with van der Waals surface area (Å²) in [6.07, 6.45) is 1.21. The fourth-order valence-corrected chi connectivity index (χ4v) is 2.83. The molecule has 0 aliphatic carbocycles. The second kappa shape index (κ2) is 8.43. The van der Waals surface area contributed by atoms with E-state index in [9.17, 15) is 0 Å². The van der Waals surface area contributed by atoms with E-state index in [1.165, 1.54) is 29.7 Å². The largest absolute Gasteiger partial charge is 0.309 e. The lowest BCUT2D eigenvalue weighted by atomic mass is 10.0. The Bertz CT molecular complexity index is 378. The summed E-state index contributed by atoms with van der Waals surface area (Å²) in [5.41, 5.74) is 4.13. The van der Waals surface area contributed by atoms with Crippen molar-refractivity contribution in [2.45, 2.75) is 60.0 Å². The van der Waals surface area contributed by atoms with Gasteiger partial charge in [0.15, 0.2) is 0 Å². The quantitative estimate of drug-likeness (QED) is 0.770. The molecule has 2 nitrogen and oxygen atoms in total. The normalized spacial score (nSPS) is 13.2. The molecule has 0 aromatic heterocycles. The molecule has 2 heteroatoms. The smallest absolute Gasteiger partial charge is 0.0449 e. The molecule has 1 rings (SSSR count). The minimum atomic E-state index is 0.424. The number of hydrogen-bond acceptors (Lipinski definition) is 2. The maximum atomic E-state index is 3.66. The van der Waals surface area contributed by atoms with E-state index in [4.69, 9.17) is 0 Å².